The first-order valence-corrected chi connectivity index (χ1v) is 4.31. The maximum absolute atomic E-state index is 11.4. The van der Waals surface area contributed by atoms with Crippen molar-refractivity contribution in [1.82, 2.24) is 5.43 Å². The Kier molecular flexibility index (Phi) is 3.78. The summed E-state index contributed by atoms with van der Waals surface area (Å²) in [4.78, 5) is 19.5. The zero-order valence-electron chi connectivity index (χ0n) is 7.71. The molecule has 16 heavy (non-hydrogen) atoms. The van der Waals surface area contributed by atoms with Gasteiger partial charge >= 0.3 is 0 Å². The molecular weight excluding hydrogens is 238 g/mol. The molecule has 0 unspecified atom stereocenters. The van der Waals surface area contributed by atoms with Crippen molar-refractivity contribution in [2.45, 2.75) is 0 Å². The molecule has 1 aromatic carbocycles. The number of nitrogens with zero attached hydrogens (tertiary/aromatic N) is 2. The smallest absolute Gasteiger partial charge is 0.263 e. The number of hydrazone groups is 1. The van der Waals surface area contributed by atoms with E-state index in [2.05, 4.69) is 5.10 Å². The molecule has 0 bridgehead atoms. The van der Waals surface area contributed by atoms with Crippen molar-refractivity contribution in [2.75, 3.05) is 0 Å². The van der Waals surface area contributed by atoms with E-state index < -0.39 is 16.4 Å². The lowest BCUT2D eigenvalue weighted by Crippen LogP contribution is -2.05. The molecule has 0 radical (unpaired) electrons. The van der Waals surface area contributed by atoms with Crippen LogP contribution in [0, 0.1) is 10.1 Å². The first-order valence-electron chi connectivity index (χ1n) is 3.93. The average molecular weight is 243 g/mol. The Morgan fingerprint density at radius 3 is 2.75 bits per heavy atom. The van der Waals surface area contributed by atoms with Gasteiger partial charge in [0, 0.05) is 11.1 Å². The summed E-state index contributed by atoms with van der Waals surface area (Å²) in [7, 11) is 0. The second-order valence-corrected chi connectivity index (χ2v) is 3.04. The molecule has 1 aromatic rings. The van der Waals surface area contributed by atoms with Gasteiger partial charge in [-0.3, -0.25) is 14.9 Å². The Bertz CT molecular complexity index is 461. The fourth-order valence-corrected chi connectivity index (χ4v) is 1.19. The molecular formula is C8H5ClN3O4-. The SMILES string of the molecule is O=CN/N=C\c1cc(Cl)cc([N+](=O)[O-])c1[O-]. The van der Waals surface area contributed by atoms with Crippen LogP contribution in [0.1, 0.15) is 5.56 Å². The highest BCUT2D eigenvalue weighted by Crippen LogP contribution is 2.29. The van der Waals surface area contributed by atoms with E-state index in [1.165, 1.54) is 6.07 Å². The van der Waals surface area contributed by atoms with Crippen LogP contribution in [0.2, 0.25) is 5.02 Å². The van der Waals surface area contributed by atoms with Gasteiger partial charge < -0.3 is 5.11 Å². The minimum Gasteiger partial charge on any atom is -0.867 e. The van der Waals surface area contributed by atoms with E-state index in [1.54, 1.807) is 0 Å². The van der Waals surface area contributed by atoms with Crippen LogP contribution >= 0.6 is 11.6 Å². The van der Waals surface area contributed by atoms with E-state index in [1.807, 2.05) is 5.43 Å². The highest BCUT2D eigenvalue weighted by molar-refractivity contribution is 6.31. The Labute approximate surface area is 94.5 Å². The monoisotopic (exact) mass is 242 g/mol. The minimum atomic E-state index is -0.835. The second-order valence-electron chi connectivity index (χ2n) is 2.61. The van der Waals surface area contributed by atoms with Crippen LogP contribution in [0.15, 0.2) is 17.2 Å². The number of benzene rings is 1. The van der Waals surface area contributed by atoms with Crippen molar-refractivity contribution in [3.63, 3.8) is 0 Å². The molecule has 0 atom stereocenters. The number of carbonyl (C=O) groups excluding carboxylic acids is 1. The van der Waals surface area contributed by atoms with Crippen molar-refractivity contribution < 1.29 is 14.8 Å². The van der Waals surface area contributed by atoms with Crippen molar-refractivity contribution in [3.8, 4) is 5.75 Å². The summed E-state index contributed by atoms with van der Waals surface area (Å²) in [6, 6.07) is 2.17. The third kappa shape index (κ3) is 2.67. The van der Waals surface area contributed by atoms with Gasteiger partial charge in [-0.1, -0.05) is 11.6 Å². The Morgan fingerprint density at radius 2 is 2.19 bits per heavy atom. The highest BCUT2D eigenvalue weighted by Gasteiger charge is 2.10. The third-order valence-electron chi connectivity index (χ3n) is 1.59. The molecule has 0 aromatic heterocycles. The Balaban J connectivity index is 3.18. The van der Waals surface area contributed by atoms with E-state index in [9.17, 15) is 20.0 Å². The first kappa shape index (κ1) is 11.9. The van der Waals surface area contributed by atoms with Crippen molar-refractivity contribution in [1.29, 1.82) is 0 Å². The van der Waals surface area contributed by atoms with E-state index in [0.29, 0.717) is 6.41 Å². The molecule has 0 heterocycles. The van der Waals surface area contributed by atoms with Crippen molar-refractivity contribution >= 4 is 29.9 Å². The molecule has 0 aliphatic heterocycles. The van der Waals surface area contributed by atoms with Crippen LogP contribution in [0.3, 0.4) is 0 Å². The zero-order valence-corrected chi connectivity index (χ0v) is 8.47. The van der Waals surface area contributed by atoms with Gasteiger partial charge in [-0.25, -0.2) is 5.43 Å². The second kappa shape index (κ2) is 5.08. The molecule has 0 fully saturated rings. The number of nitro benzene ring substituents is 1. The maximum atomic E-state index is 11.4. The summed E-state index contributed by atoms with van der Waals surface area (Å²) < 4.78 is 0. The lowest BCUT2D eigenvalue weighted by Gasteiger charge is -2.10. The summed E-state index contributed by atoms with van der Waals surface area (Å²) in [6.45, 7) is 0. The molecule has 8 heteroatoms. The lowest BCUT2D eigenvalue weighted by molar-refractivity contribution is -0.398. The standard InChI is InChI=1S/C8H6ClN3O4/c9-6-1-5(3-10-11-4-13)8(14)7(2-6)12(15)16/h1-4,14H,(H,11,13)/p-1/b10-3-. The van der Waals surface area contributed by atoms with Crippen LogP contribution < -0.4 is 10.5 Å². The summed E-state index contributed by atoms with van der Waals surface area (Å²) in [5.41, 5.74) is 1.21. The molecule has 1 amide bonds. The van der Waals surface area contributed by atoms with Crippen LogP contribution in [-0.4, -0.2) is 17.5 Å². The van der Waals surface area contributed by atoms with Crippen LogP contribution in [-0.2, 0) is 4.79 Å². The van der Waals surface area contributed by atoms with Gasteiger partial charge in [0.2, 0.25) is 6.41 Å². The third-order valence-corrected chi connectivity index (χ3v) is 1.81. The summed E-state index contributed by atoms with van der Waals surface area (Å²) >= 11 is 5.58. The topological polar surface area (TPSA) is 108 Å². The molecule has 0 saturated carbocycles. The number of amides is 1. The summed E-state index contributed by atoms with van der Waals surface area (Å²) in [5, 5.41) is 25.3. The Hall–Kier alpha value is -2.15. The molecule has 1 N–H and O–H groups in total. The van der Waals surface area contributed by atoms with Crippen molar-refractivity contribution in [3.05, 3.63) is 32.8 Å². The van der Waals surface area contributed by atoms with Gasteiger partial charge in [0.1, 0.15) is 0 Å². The summed E-state index contributed by atoms with van der Waals surface area (Å²) in [5.74, 6) is -0.814. The zero-order chi connectivity index (χ0) is 12.1. The van der Waals surface area contributed by atoms with Gasteiger partial charge in [-0.2, -0.15) is 5.10 Å². The highest BCUT2D eigenvalue weighted by atomic mass is 35.5. The molecule has 7 nitrogen and oxygen atoms in total. The predicted molar refractivity (Wildman–Crippen MR) is 54.3 cm³/mol. The molecule has 0 spiro atoms. The number of nitrogens with one attached hydrogen (secondary N) is 1. The van der Waals surface area contributed by atoms with Gasteiger partial charge in [0.25, 0.3) is 5.69 Å². The Morgan fingerprint density at radius 1 is 1.50 bits per heavy atom. The van der Waals surface area contributed by atoms with Crippen LogP contribution in [0.4, 0.5) is 5.69 Å². The fourth-order valence-electron chi connectivity index (χ4n) is 0.969. The number of nitro groups is 1. The van der Waals surface area contributed by atoms with E-state index in [-0.39, 0.29) is 10.6 Å². The molecule has 84 valence electrons. The van der Waals surface area contributed by atoms with Crippen LogP contribution in [0.5, 0.6) is 5.75 Å². The maximum Gasteiger partial charge on any atom is 0.263 e. The lowest BCUT2D eigenvalue weighted by atomic mass is 10.2. The number of halogens is 1. The predicted octanol–water partition coefficient (Wildman–Crippen LogP) is 0.402. The fraction of sp³-hybridized carbons (Fsp3) is 0. The minimum absolute atomic E-state index is 0.0406. The normalized spacial score (nSPS) is 10.3. The van der Waals surface area contributed by atoms with Gasteiger partial charge in [0.05, 0.1) is 11.1 Å². The summed E-state index contributed by atoms with van der Waals surface area (Å²) in [6.07, 6.45) is 1.27. The number of rotatable bonds is 4. The van der Waals surface area contributed by atoms with E-state index >= 15 is 0 Å². The number of carbonyl (C=O) groups is 1. The molecule has 0 aliphatic carbocycles. The van der Waals surface area contributed by atoms with Gasteiger partial charge in [-0.05, 0) is 17.4 Å². The number of hydrogen-bond acceptors (Lipinski definition) is 5. The van der Waals surface area contributed by atoms with Crippen molar-refractivity contribution in [2.24, 2.45) is 5.10 Å². The molecule has 0 aliphatic rings. The average Bonchev–Trinajstić information content (AvgIpc) is 2.22. The molecule has 0 saturated heterocycles. The van der Waals surface area contributed by atoms with Crippen LogP contribution in [0.25, 0.3) is 0 Å². The first-order chi connectivity index (χ1) is 7.56. The number of hydrogen-bond donors (Lipinski definition) is 1. The van der Waals surface area contributed by atoms with E-state index in [0.717, 1.165) is 12.3 Å². The molecule has 1 rings (SSSR count). The largest absolute Gasteiger partial charge is 0.867 e. The quantitative estimate of drug-likeness (QED) is 0.357. The van der Waals surface area contributed by atoms with Gasteiger partial charge in [-0.15, -0.1) is 0 Å². The van der Waals surface area contributed by atoms with Gasteiger partial charge in [0.15, 0.2) is 0 Å². The van der Waals surface area contributed by atoms with E-state index in [4.69, 9.17) is 11.6 Å².